The standard InChI is InChI=1S/C26H24BrN3O3S/c1-13-8-18(25(32)33)6-7-21(13)30-16(4)11-19(17(30)5)12-22-24(31)29-26(34-22)28-20-9-14(2)23(27)15(3)10-20/h6-12H,1-5H3,(H,32,33)(H,28,29,31)/b22-12-. The van der Waals surface area contributed by atoms with Crippen molar-refractivity contribution in [2.24, 2.45) is 4.99 Å². The number of carboxylic acid groups (broad SMARTS) is 1. The van der Waals surface area contributed by atoms with Gasteiger partial charge in [0, 0.05) is 21.5 Å². The highest BCUT2D eigenvalue weighted by Gasteiger charge is 2.25. The predicted octanol–water partition coefficient (Wildman–Crippen LogP) is 6.37. The largest absolute Gasteiger partial charge is 0.478 e. The van der Waals surface area contributed by atoms with E-state index >= 15 is 0 Å². The first-order valence-corrected chi connectivity index (χ1v) is 12.3. The zero-order valence-electron chi connectivity index (χ0n) is 19.5. The van der Waals surface area contributed by atoms with Gasteiger partial charge in [0.05, 0.1) is 16.2 Å². The predicted molar refractivity (Wildman–Crippen MR) is 141 cm³/mol. The summed E-state index contributed by atoms with van der Waals surface area (Å²) in [6, 6.07) is 11.1. The van der Waals surface area contributed by atoms with Crippen LogP contribution >= 0.6 is 27.7 Å². The lowest BCUT2D eigenvalue weighted by Gasteiger charge is -2.13. The number of carbonyl (C=O) groups is 2. The first-order chi connectivity index (χ1) is 16.0. The highest BCUT2D eigenvalue weighted by atomic mass is 79.9. The number of carbonyl (C=O) groups excluding carboxylic acids is 1. The molecule has 6 nitrogen and oxygen atoms in total. The number of rotatable bonds is 4. The van der Waals surface area contributed by atoms with Gasteiger partial charge in [-0.2, -0.15) is 0 Å². The average molecular weight is 538 g/mol. The molecule has 0 spiro atoms. The molecule has 1 fully saturated rings. The fraction of sp³-hybridized carbons (Fsp3) is 0.192. The van der Waals surface area contributed by atoms with Gasteiger partial charge >= 0.3 is 5.97 Å². The van der Waals surface area contributed by atoms with E-state index < -0.39 is 5.97 Å². The lowest BCUT2D eigenvalue weighted by atomic mass is 10.1. The van der Waals surface area contributed by atoms with Gasteiger partial charge in [-0.1, -0.05) is 15.9 Å². The number of hydrogen-bond acceptors (Lipinski definition) is 4. The maximum Gasteiger partial charge on any atom is 0.335 e. The van der Waals surface area contributed by atoms with Gasteiger partial charge in [-0.15, -0.1) is 0 Å². The van der Waals surface area contributed by atoms with Gasteiger partial charge in [-0.25, -0.2) is 9.79 Å². The maximum absolute atomic E-state index is 12.6. The first-order valence-electron chi connectivity index (χ1n) is 10.6. The number of aliphatic imine (C=N–C) groups is 1. The van der Waals surface area contributed by atoms with Crippen molar-refractivity contribution in [1.82, 2.24) is 9.88 Å². The van der Waals surface area contributed by atoms with Gasteiger partial charge in [-0.05, 0) is 111 Å². The Kier molecular flexibility index (Phi) is 6.55. The van der Waals surface area contributed by atoms with Crippen LogP contribution < -0.4 is 5.32 Å². The molecule has 0 radical (unpaired) electrons. The molecular formula is C26H24BrN3O3S. The summed E-state index contributed by atoms with van der Waals surface area (Å²) in [7, 11) is 0. The quantitative estimate of drug-likeness (QED) is 0.378. The second kappa shape index (κ2) is 9.27. The number of aromatic nitrogens is 1. The fourth-order valence-electron chi connectivity index (χ4n) is 4.07. The minimum absolute atomic E-state index is 0.180. The van der Waals surface area contributed by atoms with Crippen LogP contribution in [0.4, 0.5) is 5.69 Å². The Morgan fingerprint density at radius 2 is 1.74 bits per heavy atom. The Morgan fingerprint density at radius 1 is 1.06 bits per heavy atom. The van der Waals surface area contributed by atoms with Crippen molar-refractivity contribution in [2.45, 2.75) is 34.6 Å². The monoisotopic (exact) mass is 537 g/mol. The number of halogens is 1. The Hall–Kier alpha value is -3.10. The summed E-state index contributed by atoms with van der Waals surface area (Å²) in [4.78, 5) is 29.1. The number of nitrogens with one attached hydrogen (secondary N) is 1. The molecule has 8 heteroatoms. The molecule has 3 aromatic rings. The minimum Gasteiger partial charge on any atom is -0.478 e. The maximum atomic E-state index is 12.6. The van der Waals surface area contributed by atoms with Gasteiger partial charge in [0.2, 0.25) is 0 Å². The Labute approximate surface area is 210 Å². The van der Waals surface area contributed by atoms with Crippen LogP contribution in [-0.4, -0.2) is 26.7 Å². The molecule has 0 bridgehead atoms. The number of nitrogens with zero attached hydrogens (tertiary/aromatic N) is 2. The summed E-state index contributed by atoms with van der Waals surface area (Å²) in [6.45, 7) is 9.90. The number of benzene rings is 2. The number of aryl methyl sites for hydroxylation is 4. The van der Waals surface area contributed by atoms with Crippen LogP contribution in [0.2, 0.25) is 0 Å². The van der Waals surface area contributed by atoms with Gasteiger partial charge in [-0.3, -0.25) is 4.79 Å². The summed E-state index contributed by atoms with van der Waals surface area (Å²) < 4.78 is 3.14. The van der Waals surface area contributed by atoms with Crippen molar-refractivity contribution in [3.63, 3.8) is 0 Å². The molecule has 2 N–H and O–H groups in total. The van der Waals surface area contributed by atoms with Gasteiger partial charge in [0.1, 0.15) is 0 Å². The number of carboxylic acids is 1. The number of hydrogen-bond donors (Lipinski definition) is 2. The molecule has 0 aliphatic carbocycles. The van der Waals surface area contributed by atoms with E-state index in [9.17, 15) is 14.7 Å². The van der Waals surface area contributed by atoms with E-state index in [1.54, 1.807) is 12.1 Å². The molecule has 2 heterocycles. The van der Waals surface area contributed by atoms with Crippen LogP contribution in [0.25, 0.3) is 11.8 Å². The molecular weight excluding hydrogens is 514 g/mol. The molecule has 1 aromatic heterocycles. The van der Waals surface area contributed by atoms with Crippen molar-refractivity contribution in [1.29, 1.82) is 0 Å². The van der Waals surface area contributed by atoms with E-state index in [-0.39, 0.29) is 11.5 Å². The molecule has 0 saturated carbocycles. The molecule has 1 aliphatic heterocycles. The van der Waals surface area contributed by atoms with E-state index in [1.165, 1.54) is 11.8 Å². The van der Waals surface area contributed by atoms with Crippen LogP contribution in [-0.2, 0) is 4.79 Å². The van der Waals surface area contributed by atoms with Crippen molar-refractivity contribution >= 4 is 56.5 Å². The molecule has 1 saturated heterocycles. The molecule has 0 atom stereocenters. The molecule has 34 heavy (non-hydrogen) atoms. The van der Waals surface area contributed by atoms with Crippen LogP contribution in [0.1, 0.15) is 44.0 Å². The average Bonchev–Trinajstić information content (AvgIpc) is 3.24. The van der Waals surface area contributed by atoms with Crippen molar-refractivity contribution in [3.8, 4) is 5.69 Å². The summed E-state index contributed by atoms with van der Waals surface area (Å²) in [6.07, 6.45) is 1.88. The van der Waals surface area contributed by atoms with Crippen LogP contribution in [0, 0.1) is 34.6 Å². The zero-order chi connectivity index (χ0) is 24.7. The third kappa shape index (κ3) is 4.60. The van der Waals surface area contributed by atoms with Gasteiger partial charge < -0.3 is 15.0 Å². The van der Waals surface area contributed by atoms with Crippen molar-refractivity contribution < 1.29 is 14.7 Å². The summed E-state index contributed by atoms with van der Waals surface area (Å²) in [5.74, 6) is -1.13. The molecule has 1 amide bonds. The molecule has 4 rings (SSSR count). The first kappa shape index (κ1) is 24.0. The lowest BCUT2D eigenvalue weighted by molar-refractivity contribution is -0.115. The third-order valence-electron chi connectivity index (χ3n) is 5.74. The normalized spacial score (nSPS) is 15.9. The van der Waals surface area contributed by atoms with Gasteiger partial charge in [0.25, 0.3) is 5.91 Å². The van der Waals surface area contributed by atoms with Crippen molar-refractivity contribution in [2.75, 3.05) is 0 Å². The van der Waals surface area contributed by atoms with E-state index in [0.717, 1.165) is 49.5 Å². The number of aromatic carboxylic acids is 1. The van der Waals surface area contributed by atoms with E-state index in [4.69, 9.17) is 0 Å². The van der Waals surface area contributed by atoms with Crippen LogP contribution in [0.5, 0.6) is 0 Å². The third-order valence-corrected chi connectivity index (χ3v) is 7.90. The summed E-state index contributed by atoms with van der Waals surface area (Å²) >= 11 is 4.88. The number of amidine groups is 1. The van der Waals surface area contributed by atoms with E-state index in [0.29, 0.717) is 10.1 Å². The van der Waals surface area contributed by atoms with E-state index in [2.05, 4.69) is 30.8 Å². The molecule has 1 aliphatic rings. The van der Waals surface area contributed by atoms with Crippen LogP contribution in [0.3, 0.4) is 0 Å². The van der Waals surface area contributed by atoms with Crippen molar-refractivity contribution in [3.05, 3.63) is 85.0 Å². The fourth-order valence-corrected chi connectivity index (χ4v) is 5.13. The highest BCUT2D eigenvalue weighted by Crippen LogP contribution is 2.32. The molecule has 174 valence electrons. The van der Waals surface area contributed by atoms with E-state index in [1.807, 2.05) is 65.0 Å². The van der Waals surface area contributed by atoms with Crippen LogP contribution in [0.15, 0.2) is 50.8 Å². The highest BCUT2D eigenvalue weighted by molar-refractivity contribution is 9.10. The topological polar surface area (TPSA) is 83.7 Å². The smallest absolute Gasteiger partial charge is 0.335 e. The SMILES string of the molecule is Cc1cc(C(=O)O)ccc1-n1c(C)cc(/C=C2\SC(=Nc3cc(C)c(Br)c(C)c3)NC2=O)c1C. The molecule has 0 unspecified atom stereocenters. The summed E-state index contributed by atoms with van der Waals surface area (Å²) in [5, 5.41) is 12.7. The Balaban J connectivity index is 1.66. The van der Waals surface area contributed by atoms with Gasteiger partial charge in [0.15, 0.2) is 5.17 Å². The minimum atomic E-state index is -0.948. The Bertz CT molecular complexity index is 1400. The number of thioether (sulfide) groups is 1. The Morgan fingerprint density at radius 3 is 2.35 bits per heavy atom. The molecule has 2 aromatic carbocycles. The summed E-state index contributed by atoms with van der Waals surface area (Å²) in [5.41, 5.74) is 7.89. The second-order valence-corrected chi connectivity index (χ2v) is 10.2. The zero-order valence-corrected chi connectivity index (χ0v) is 21.9. The lowest BCUT2D eigenvalue weighted by Crippen LogP contribution is -2.19. The second-order valence-electron chi connectivity index (χ2n) is 8.34. The number of amides is 1.